The quantitative estimate of drug-likeness (QED) is 0.859. The summed E-state index contributed by atoms with van der Waals surface area (Å²) in [5.74, 6) is 2.51. The summed E-state index contributed by atoms with van der Waals surface area (Å²) in [5.41, 5.74) is 1.24. The van der Waals surface area contributed by atoms with Crippen molar-refractivity contribution in [2.75, 3.05) is 42.6 Å². The van der Waals surface area contributed by atoms with Gasteiger partial charge in [0.25, 0.3) is 0 Å². The van der Waals surface area contributed by atoms with E-state index in [1.807, 2.05) is 19.2 Å². The summed E-state index contributed by atoms with van der Waals surface area (Å²) in [6, 6.07) is 4.15. The van der Waals surface area contributed by atoms with Crippen LogP contribution in [0.25, 0.3) is 0 Å². The van der Waals surface area contributed by atoms with Gasteiger partial charge in [0.1, 0.15) is 5.82 Å². The van der Waals surface area contributed by atoms with Gasteiger partial charge in [0.2, 0.25) is 5.88 Å². The highest BCUT2D eigenvalue weighted by molar-refractivity contribution is 5.45. The number of nitrogens with zero attached hydrogens (tertiary/aromatic N) is 5. The zero-order valence-electron chi connectivity index (χ0n) is 13.1. The van der Waals surface area contributed by atoms with E-state index in [2.05, 4.69) is 37.7 Å². The minimum absolute atomic E-state index is 0.586. The number of ether oxygens (including phenoxy) is 1. The first-order valence-electron chi connectivity index (χ1n) is 7.63. The molecule has 2 aromatic rings. The van der Waals surface area contributed by atoms with Crippen LogP contribution < -0.4 is 14.5 Å². The predicted octanol–water partition coefficient (Wildman–Crippen LogP) is 1.91. The highest BCUT2D eigenvalue weighted by Gasteiger charge is 2.19. The van der Waals surface area contributed by atoms with Crippen LogP contribution in [0.5, 0.6) is 5.88 Å². The predicted molar refractivity (Wildman–Crippen MR) is 86.6 cm³/mol. The summed E-state index contributed by atoms with van der Waals surface area (Å²) in [7, 11) is 0. The minimum atomic E-state index is 0.586. The molecule has 2 aromatic heterocycles. The van der Waals surface area contributed by atoms with Crippen molar-refractivity contribution in [3.05, 3.63) is 36.3 Å². The summed E-state index contributed by atoms with van der Waals surface area (Å²) in [6.07, 6.45) is 5.32. The maximum Gasteiger partial charge on any atom is 0.234 e. The highest BCUT2D eigenvalue weighted by atomic mass is 16.5. The van der Waals surface area contributed by atoms with Gasteiger partial charge < -0.3 is 14.5 Å². The number of aromatic nitrogens is 3. The second-order valence-electron chi connectivity index (χ2n) is 5.31. The zero-order valence-corrected chi connectivity index (χ0v) is 13.1. The molecular formula is C16H21N5O. The first-order valence-corrected chi connectivity index (χ1v) is 7.63. The third kappa shape index (κ3) is 3.27. The lowest BCUT2D eigenvalue weighted by Gasteiger charge is -2.36. The van der Waals surface area contributed by atoms with Crippen LogP contribution in [-0.4, -0.2) is 47.7 Å². The van der Waals surface area contributed by atoms with Crippen molar-refractivity contribution in [2.24, 2.45) is 0 Å². The number of pyridine rings is 1. The van der Waals surface area contributed by atoms with Gasteiger partial charge >= 0.3 is 0 Å². The second kappa shape index (κ2) is 6.60. The maximum absolute atomic E-state index is 5.42. The van der Waals surface area contributed by atoms with Crippen LogP contribution >= 0.6 is 0 Å². The Labute approximate surface area is 130 Å². The fourth-order valence-electron chi connectivity index (χ4n) is 2.57. The van der Waals surface area contributed by atoms with Gasteiger partial charge in [-0.2, -0.15) is 4.98 Å². The standard InChI is InChI=1S/C16H21N5O/c1-3-22-16-12-17-11-15(19-16)21-8-6-20(7-9-21)14-10-13(2)4-5-18-14/h4-5,10-12H,3,6-9H2,1-2H3. The molecule has 1 fully saturated rings. The van der Waals surface area contributed by atoms with Crippen molar-refractivity contribution in [3.63, 3.8) is 0 Å². The summed E-state index contributed by atoms with van der Waals surface area (Å²) in [6.45, 7) is 8.30. The summed E-state index contributed by atoms with van der Waals surface area (Å²) in [5, 5.41) is 0. The van der Waals surface area contributed by atoms with E-state index >= 15 is 0 Å². The highest BCUT2D eigenvalue weighted by Crippen LogP contribution is 2.19. The van der Waals surface area contributed by atoms with Gasteiger partial charge in [0.15, 0.2) is 5.82 Å². The smallest absolute Gasteiger partial charge is 0.234 e. The number of piperazine rings is 1. The minimum Gasteiger partial charge on any atom is -0.477 e. The first-order chi connectivity index (χ1) is 10.8. The number of aryl methyl sites for hydroxylation is 1. The lowest BCUT2D eigenvalue weighted by atomic mass is 10.2. The van der Waals surface area contributed by atoms with Crippen molar-refractivity contribution in [1.82, 2.24) is 15.0 Å². The lowest BCUT2D eigenvalue weighted by molar-refractivity contribution is 0.325. The molecule has 0 saturated carbocycles. The molecule has 3 heterocycles. The molecule has 1 aliphatic rings. The van der Waals surface area contributed by atoms with Crippen LogP contribution in [-0.2, 0) is 0 Å². The van der Waals surface area contributed by atoms with E-state index in [4.69, 9.17) is 4.74 Å². The molecule has 22 heavy (non-hydrogen) atoms. The van der Waals surface area contributed by atoms with E-state index in [0.717, 1.165) is 37.8 Å². The van der Waals surface area contributed by atoms with Crippen LogP contribution in [0, 0.1) is 6.92 Å². The molecule has 0 aromatic carbocycles. The molecule has 0 atom stereocenters. The van der Waals surface area contributed by atoms with E-state index in [-0.39, 0.29) is 0 Å². The Balaban J connectivity index is 1.65. The van der Waals surface area contributed by atoms with Crippen molar-refractivity contribution in [2.45, 2.75) is 13.8 Å². The largest absolute Gasteiger partial charge is 0.477 e. The Morgan fingerprint density at radius 2 is 1.82 bits per heavy atom. The van der Waals surface area contributed by atoms with Crippen LogP contribution in [0.2, 0.25) is 0 Å². The van der Waals surface area contributed by atoms with Gasteiger partial charge in [-0.25, -0.2) is 4.98 Å². The Kier molecular flexibility index (Phi) is 4.37. The van der Waals surface area contributed by atoms with Crippen LogP contribution in [0.15, 0.2) is 30.7 Å². The van der Waals surface area contributed by atoms with E-state index in [1.165, 1.54) is 5.56 Å². The third-order valence-corrected chi connectivity index (χ3v) is 3.72. The Hall–Kier alpha value is -2.37. The summed E-state index contributed by atoms with van der Waals surface area (Å²) >= 11 is 0. The second-order valence-corrected chi connectivity index (χ2v) is 5.31. The van der Waals surface area contributed by atoms with Crippen LogP contribution in [0.1, 0.15) is 12.5 Å². The summed E-state index contributed by atoms with van der Waals surface area (Å²) in [4.78, 5) is 17.7. The fraction of sp³-hybridized carbons (Fsp3) is 0.438. The van der Waals surface area contributed by atoms with Gasteiger partial charge in [0.05, 0.1) is 19.0 Å². The van der Waals surface area contributed by atoms with E-state index in [0.29, 0.717) is 12.5 Å². The SMILES string of the molecule is CCOc1cncc(N2CCN(c3cc(C)ccn3)CC2)n1. The molecule has 0 spiro atoms. The molecule has 0 radical (unpaired) electrons. The zero-order chi connectivity index (χ0) is 15.4. The Bertz CT molecular complexity index is 625. The normalized spacial score (nSPS) is 15.0. The van der Waals surface area contributed by atoms with E-state index in [9.17, 15) is 0 Å². The summed E-state index contributed by atoms with van der Waals surface area (Å²) < 4.78 is 5.42. The molecule has 0 aliphatic carbocycles. The Morgan fingerprint density at radius 3 is 2.50 bits per heavy atom. The number of hydrogen-bond donors (Lipinski definition) is 0. The third-order valence-electron chi connectivity index (χ3n) is 3.72. The molecule has 0 amide bonds. The van der Waals surface area contributed by atoms with Crippen LogP contribution in [0.4, 0.5) is 11.6 Å². The molecular weight excluding hydrogens is 278 g/mol. The molecule has 116 valence electrons. The number of anilines is 2. The van der Waals surface area contributed by atoms with Crippen molar-refractivity contribution in [1.29, 1.82) is 0 Å². The fourth-order valence-corrected chi connectivity index (χ4v) is 2.57. The van der Waals surface area contributed by atoms with Gasteiger partial charge in [-0.1, -0.05) is 0 Å². The number of rotatable bonds is 4. The topological polar surface area (TPSA) is 54.4 Å². The molecule has 1 saturated heterocycles. The van der Waals surface area contributed by atoms with Gasteiger partial charge in [0, 0.05) is 32.4 Å². The number of hydrogen-bond acceptors (Lipinski definition) is 6. The Morgan fingerprint density at radius 1 is 1.09 bits per heavy atom. The van der Waals surface area contributed by atoms with Crippen molar-refractivity contribution < 1.29 is 4.74 Å². The molecule has 0 N–H and O–H groups in total. The lowest BCUT2D eigenvalue weighted by Crippen LogP contribution is -2.47. The molecule has 0 bridgehead atoms. The van der Waals surface area contributed by atoms with Gasteiger partial charge in [-0.3, -0.25) is 4.98 Å². The average Bonchev–Trinajstić information content (AvgIpc) is 2.56. The molecule has 0 unspecified atom stereocenters. The molecule has 1 aliphatic heterocycles. The van der Waals surface area contributed by atoms with E-state index in [1.54, 1.807) is 12.4 Å². The average molecular weight is 299 g/mol. The van der Waals surface area contributed by atoms with Gasteiger partial charge in [-0.05, 0) is 31.5 Å². The monoisotopic (exact) mass is 299 g/mol. The molecule has 6 heteroatoms. The van der Waals surface area contributed by atoms with Crippen LogP contribution in [0.3, 0.4) is 0 Å². The van der Waals surface area contributed by atoms with Crippen molar-refractivity contribution >= 4 is 11.6 Å². The molecule has 6 nitrogen and oxygen atoms in total. The molecule has 3 rings (SSSR count). The first kappa shape index (κ1) is 14.6. The maximum atomic E-state index is 5.42. The van der Waals surface area contributed by atoms with E-state index < -0.39 is 0 Å². The van der Waals surface area contributed by atoms with Gasteiger partial charge in [-0.15, -0.1) is 0 Å². The van der Waals surface area contributed by atoms with Crippen molar-refractivity contribution in [3.8, 4) is 5.88 Å².